The molecule has 1 aromatic carbocycles. The van der Waals surface area contributed by atoms with Crippen LogP contribution in [0.1, 0.15) is 12.0 Å². The van der Waals surface area contributed by atoms with Gasteiger partial charge in [0.15, 0.2) is 5.82 Å². The minimum Gasteiger partial charge on any atom is -0.274 e. The Morgan fingerprint density at radius 2 is 1.72 bits per heavy atom. The van der Waals surface area contributed by atoms with E-state index in [2.05, 4.69) is 17.3 Å². The smallest absolute Gasteiger partial charge is 0.239 e. The first-order valence-corrected chi connectivity index (χ1v) is 8.84. The lowest BCUT2D eigenvalue weighted by Crippen LogP contribution is -2.33. The number of hydrogen-bond donors (Lipinski definition) is 0. The summed E-state index contributed by atoms with van der Waals surface area (Å²) in [6.45, 7) is 0.496. The molecule has 2 heterocycles. The van der Waals surface area contributed by atoms with Gasteiger partial charge >= 0.3 is 0 Å². The Kier molecular flexibility index (Phi) is 3.16. The summed E-state index contributed by atoms with van der Waals surface area (Å²) in [7, 11) is 0. The summed E-state index contributed by atoms with van der Waals surface area (Å²) in [5.41, 5.74) is 0.942. The summed E-state index contributed by atoms with van der Waals surface area (Å²) in [5, 5.41) is 5.12. The first kappa shape index (κ1) is 14.9. The molecule has 0 radical (unpaired) electrons. The van der Waals surface area contributed by atoms with Gasteiger partial charge in [-0.3, -0.25) is 14.3 Å². The molecule has 2 amide bonds. The van der Waals surface area contributed by atoms with Gasteiger partial charge in [-0.1, -0.05) is 42.0 Å². The number of allylic oxidation sites excluding steroid dienone is 2. The molecule has 25 heavy (non-hydrogen) atoms. The second-order valence-electron chi connectivity index (χ2n) is 6.97. The zero-order valence-electron chi connectivity index (χ0n) is 13.4. The van der Waals surface area contributed by atoms with Gasteiger partial charge in [0.05, 0.1) is 18.4 Å². The van der Waals surface area contributed by atoms with Gasteiger partial charge < -0.3 is 0 Å². The fourth-order valence-electron chi connectivity index (χ4n) is 4.49. The highest BCUT2D eigenvalue weighted by atomic mass is 35.5. The molecular weight excluding hydrogens is 338 g/mol. The van der Waals surface area contributed by atoms with E-state index in [1.54, 1.807) is 16.9 Å². The molecule has 5 rings (SSSR count). The first-order valence-electron chi connectivity index (χ1n) is 8.46. The van der Waals surface area contributed by atoms with E-state index in [4.69, 9.17) is 11.6 Å². The van der Waals surface area contributed by atoms with Gasteiger partial charge in [0.25, 0.3) is 0 Å². The number of benzene rings is 1. The maximum atomic E-state index is 12.8. The highest BCUT2D eigenvalue weighted by molar-refractivity contribution is 6.31. The fraction of sp³-hybridized carbons (Fsp3) is 0.316. The van der Waals surface area contributed by atoms with Gasteiger partial charge in [-0.15, -0.1) is 0 Å². The van der Waals surface area contributed by atoms with Crippen molar-refractivity contribution in [3.05, 3.63) is 59.3 Å². The average Bonchev–Trinajstić information content (AvgIpc) is 3.35. The number of aromatic nitrogens is 2. The van der Waals surface area contributed by atoms with E-state index in [9.17, 15) is 9.59 Å². The molecule has 0 N–H and O–H groups in total. The Labute approximate surface area is 149 Å². The number of anilines is 1. The first-order chi connectivity index (χ1) is 12.1. The largest absolute Gasteiger partial charge is 0.274 e. The van der Waals surface area contributed by atoms with Crippen molar-refractivity contribution in [1.29, 1.82) is 0 Å². The van der Waals surface area contributed by atoms with Crippen molar-refractivity contribution in [2.24, 2.45) is 23.7 Å². The summed E-state index contributed by atoms with van der Waals surface area (Å²) in [6, 6.07) is 9.29. The Balaban J connectivity index is 1.42. The maximum Gasteiger partial charge on any atom is 0.239 e. The minimum absolute atomic E-state index is 0.102. The highest BCUT2D eigenvalue weighted by Gasteiger charge is 2.59. The van der Waals surface area contributed by atoms with Crippen LogP contribution in [0.3, 0.4) is 0 Å². The van der Waals surface area contributed by atoms with E-state index in [-0.39, 0.29) is 35.5 Å². The van der Waals surface area contributed by atoms with Gasteiger partial charge in [-0.05, 0) is 29.9 Å². The predicted molar refractivity (Wildman–Crippen MR) is 93.0 cm³/mol. The number of carbonyl (C=O) groups is 2. The van der Waals surface area contributed by atoms with E-state index in [1.807, 2.05) is 24.3 Å². The quantitative estimate of drug-likeness (QED) is 0.629. The molecule has 1 aromatic heterocycles. The van der Waals surface area contributed by atoms with E-state index in [0.717, 1.165) is 12.0 Å². The molecule has 1 aliphatic heterocycles. The van der Waals surface area contributed by atoms with Crippen molar-refractivity contribution >= 4 is 29.2 Å². The summed E-state index contributed by atoms with van der Waals surface area (Å²) in [6.07, 6.45) is 6.90. The molecule has 2 fully saturated rings. The van der Waals surface area contributed by atoms with Crippen LogP contribution in [0.5, 0.6) is 0 Å². The molecule has 3 aliphatic rings. The van der Waals surface area contributed by atoms with Crippen LogP contribution in [0.15, 0.2) is 48.7 Å². The minimum atomic E-state index is -0.198. The van der Waals surface area contributed by atoms with Crippen LogP contribution in [0.4, 0.5) is 5.82 Å². The zero-order chi connectivity index (χ0) is 17.1. The lowest BCUT2D eigenvalue weighted by Gasteiger charge is -2.14. The lowest BCUT2D eigenvalue weighted by atomic mass is 9.85. The van der Waals surface area contributed by atoms with Crippen molar-refractivity contribution < 1.29 is 9.59 Å². The normalized spacial score (nSPS) is 29.7. The molecule has 5 nitrogen and oxygen atoms in total. The molecule has 2 bridgehead atoms. The number of imide groups is 1. The van der Waals surface area contributed by atoms with Crippen LogP contribution in [0.25, 0.3) is 0 Å². The zero-order valence-corrected chi connectivity index (χ0v) is 14.1. The summed E-state index contributed by atoms with van der Waals surface area (Å²) in [5.74, 6) is 0.233. The molecule has 2 aromatic rings. The summed E-state index contributed by atoms with van der Waals surface area (Å²) < 4.78 is 1.71. The van der Waals surface area contributed by atoms with Gasteiger partial charge in [-0.2, -0.15) is 5.10 Å². The Morgan fingerprint density at radius 3 is 2.40 bits per heavy atom. The van der Waals surface area contributed by atoms with Crippen LogP contribution >= 0.6 is 11.6 Å². The number of halogens is 1. The monoisotopic (exact) mass is 353 g/mol. The average molecular weight is 354 g/mol. The highest BCUT2D eigenvalue weighted by Crippen LogP contribution is 2.53. The molecule has 6 heteroatoms. The van der Waals surface area contributed by atoms with Gasteiger partial charge in [0.1, 0.15) is 0 Å². The Bertz CT molecular complexity index is 889. The van der Waals surface area contributed by atoms with E-state index in [0.29, 0.717) is 17.4 Å². The number of fused-ring (bicyclic) bond motifs is 5. The van der Waals surface area contributed by atoms with Crippen molar-refractivity contribution in [3.63, 3.8) is 0 Å². The van der Waals surface area contributed by atoms with E-state index in [1.165, 1.54) is 4.90 Å². The van der Waals surface area contributed by atoms with Crippen LogP contribution in [-0.2, 0) is 16.1 Å². The number of rotatable bonds is 3. The van der Waals surface area contributed by atoms with Crippen molar-refractivity contribution in [3.8, 4) is 0 Å². The predicted octanol–water partition coefficient (Wildman–Crippen LogP) is 2.90. The molecule has 0 spiro atoms. The Hall–Kier alpha value is -2.40. The van der Waals surface area contributed by atoms with Crippen LogP contribution in [0.2, 0.25) is 5.02 Å². The summed E-state index contributed by atoms with van der Waals surface area (Å²) >= 11 is 6.19. The number of hydrogen-bond acceptors (Lipinski definition) is 3. The third kappa shape index (κ3) is 2.12. The molecule has 4 atom stereocenters. The van der Waals surface area contributed by atoms with E-state index < -0.39 is 0 Å². The molecule has 1 saturated heterocycles. The third-order valence-corrected chi connectivity index (χ3v) is 5.98. The van der Waals surface area contributed by atoms with Crippen LogP contribution < -0.4 is 4.90 Å². The summed E-state index contributed by atoms with van der Waals surface area (Å²) in [4.78, 5) is 26.9. The standard InChI is InChI=1S/C19H16ClN3O2/c20-14-4-2-1-3-13(14)10-22-8-7-15(21-22)23-18(24)16-11-5-6-12(9-11)17(16)19(23)25/h1-8,11-12,16-17H,9-10H2/t11-,12+,16-,17+. The second kappa shape index (κ2) is 5.30. The fourth-order valence-corrected chi connectivity index (χ4v) is 4.68. The number of carbonyl (C=O) groups excluding carboxylic acids is 2. The second-order valence-corrected chi connectivity index (χ2v) is 7.38. The molecule has 126 valence electrons. The lowest BCUT2D eigenvalue weighted by molar-refractivity contribution is -0.123. The van der Waals surface area contributed by atoms with Crippen molar-refractivity contribution in [2.45, 2.75) is 13.0 Å². The SMILES string of the molecule is O=C1[C@@H]2[C@H](C(=O)N1c1ccn(Cc3ccccc3Cl)n1)[C@@H]1C=C[C@H]2C1. The van der Waals surface area contributed by atoms with Crippen molar-refractivity contribution in [2.75, 3.05) is 4.90 Å². The molecular formula is C19H16ClN3O2. The van der Waals surface area contributed by atoms with Gasteiger partial charge in [0, 0.05) is 17.3 Å². The maximum absolute atomic E-state index is 12.8. The third-order valence-electron chi connectivity index (χ3n) is 5.62. The molecule has 1 saturated carbocycles. The number of amides is 2. The number of nitrogens with zero attached hydrogens (tertiary/aromatic N) is 3. The van der Waals surface area contributed by atoms with Crippen LogP contribution in [-0.4, -0.2) is 21.6 Å². The molecule has 0 unspecified atom stereocenters. The Morgan fingerprint density at radius 1 is 1.04 bits per heavy atom. The van der Waals surface area contributed by atoms with Gasteiger partial charge in [-0.25, -0.2) is 4.90 Å². The molecule has 2 aliphatic carbocycles. The van der Waals surface area contributed by atoms with E-state index >= 15 is 0 Å². The van der Waals surface area contributed by atoms with Crippen molar-refractivity contribution in [1.82, 2.24) is 9.78 Å². The van der Waals surface area contributed by atoms with Crippen LogP contribution in [0, 0.1) is 23.7 Å². The topological polar surface area (TPSA) is 55.2 Å². The van der Waals surface area contributed by atoms with Gasteiger partial charge in [0.2, 0.25) is 11.8 Å².